The predicted octanol–water partition coefficient (Wildman–Crippen LogP) is 4.19. The number of nitrogens with one attached hydrogen (secondary N) is 1. The Hall–Kier alpha value is -3.28. The lowest BCUT2D eigenvalue weighted by Gasteiger charge is -2.10. The first-order valence-electron chi connectivity index (χ1n) is 8.92. The third-order valence-electron chi connectivity index (χ3n) is 4.49. The molecule has 1 fully saturated rings. The summed E-state index contributed by atoms with van der Waals surface area (Å²) < 4.78 is 5.87. The van der Waals surface area contributed by atoms with Crippen molar-refractivity contribution in [1.29, 1.82) is 0 Å². The van der Waals surface area contributed by atoms with Gasteiger partial charge in [0, 0.05) is 19.4 Å². The minimum Gasteiger partial charge on any atom is -0.490 e. The zero-order chi connectivity index (χ0) is 18.8. The molecule has 4 rings (SSSR count). The number of benzene rings is 1. The van der Waals surface area contributed by atoms with Crippen LogP contribution in [0, 0.1) is 13.8 Å². The minimum atomic E-state index is -0.251. The lowest BCUT2D eigenvalue weighted by molar-refractivity contribution is 0.102. The van der Waals surface area contributed by atoms with Crippen LogP contribution in [-0.4, -0.2) is 27.0 Å². The van der Waals surface area contributed by atoms with E-state index in [0.717, 1.165) is 41.0 Å². The van der Waals surface area contributed by atoms with Crippen LogP contribution in [0.25, 0.3) is 11.3 Å². The van der Waals surface area contributed by atoms with E-state index in [2.05, 4.69) is 20.3 Å². The van der Waals surface area contributed by atoms with Crippen molar-refractivity contribution in [1.82, 2.24) is 15.0 Å². The fraction of sp³-hybridized carbons (Fsp3) is 0.238. The van der Waals surface area contributed by atoms with Crippen molar-refractivity contribution in [3.05, 3.63) is 65.7 Å². The zero-order valence-corrected chi connectivity index (χ0v) is 15.3. The van der Waals surface area contributed by atoms with Crippen LogP contribution in [-0.2, 0) is 0 Å². The number of ether oxygens (including phenoxy) is 1. The molecule has 0 saturated heterocycles. The quantitative estimate of drug-likeness (QED) is 0.736. The van der Waals surface area contributed by atoms with E-state index in [0.29, 0.717) is 17.5 Å². The predicted molar refractivity (Wildman–Crippen MR) is 105 cm³/mol. The Bertz CT molecular complexity index is 988. The van der Waals surface area contributed by atoms with Crippen molar-refractivity contribution < 1.29 is 11.0 Å². The molecule has 2 heterocycles. The maximum Gasteiger partial charge on any atom is 0.258 e. The number of carbonyl (C=O) groups is 1. The molecule has 3 aromatic rings. The molecule has 0 radical (unpaired) electrons. The summed E-state index contributed by atoms with van der Waals surface area (Å²) in [7, 11) is 0. The van der Waals surface area contributed by atoms with Gasteiger partial charge in [-0.2, -0.15) is 0 Å². The molecule has 0 aliphatic heterocycles. The summed E-state index contributed by atoms with van der Waals surface area (Å²) >= 11 is 0. The lowest BCUT2D eigenvalue weighted by Crippen LogP contribution is -2.14. The third-order valence-corrected chi connectivity index (χ3v) is 4.49. The molecule has 6 nitrogen and oxygen atoms in total. The van der Waals surface area contributed by atoms with Gasteiger partial charge in [0.05, 0.1) is 29.8 Å². The van der Waals surface area contributed by atoms with Crippen LogP contribution >= 0.6 is 0 Å². The highest BCUT2D eigenvalue weighted by Crippen LogP contribution is 2.31. The van der Waals surface area contributed by atoms with Gasteiger partial charge in [-0.15, -0.1) is 0 Å². The second-order valence-electron chi connectivity index (χ2n) is 6.73. The van der Waals surface area contributed by atoms with Crippen LogP contribution in [0.5, 0.6) is 5.75 Å². The van der Waals surface area contributed by atoms with Gasteiger partial charge in [-0.25, -0.2) is 4.98 Å². The molecular weight excluding hydrogens is 340 g/mol. The van der Waals surface area contributed by atoms with E-state index < -0.39 is 0 Å². The normalized spacial score (nSPS) is 13.3. The van der Waals surface area contributed by atoms with Crippen molar-refractivity contribution >= 4 is 11.7 Å². The molecule has 1 saturated carbocycles. The number of aromatic nitrogens is 3. The molecule has 1 aliphatic carbocycles. The number of nitrogens with zero attached hydrogens (tertiary/aromatic N) is 3. The summed E-state index contributed by atoms with van der Waals surface area (Å²) in [6.07, 6.45) is 9.01. The van der Waals surface area contributed by atoms with Gasteiger partial charge in [-0.3, -0.25) is 14.8 Å². The van der Waals surface area contributed by atoms with E-state index in [-0.39, 0.29) is 7.33 Å². The number of hydrogen-bond acceptors (Lipinski definition) is 5. The summed E-state index contributed by atoms with van der Waals surface area (Å²) in [5.74, 6) is 0.998. The second-order valence-corrected chi connectivity index (χ2v) is 6.73. The van der Waals surface area contributed by atoms with Crippen molar-refractivity contribution in [3.8, 4) is 17.0 Å². The number of aryl methyl sites for hydroxylation is 2. The summed E-state index contributed by atoms with van der Waals surface area (Å²) in [5.41, 5.74) is 4.18. The summed E-state index contributed by atoms with van der Waals surface area (Å²) in [5, 5.41) is 2.76. The van der Waals surface area contributed by atoms with E-state index >= 15 is 0 Å². The number of anilines is 1. The van der Waals surface area contributed by atoms with Crippen LogP contribution in [0.1, 0.15) is 35.8 Å². The molecule has 138 valence electrons. The first-order valence-corrected chi connectivity index (χ1v) is 8.92. The van der Waals surface area contributed by atoms with Gasteiger partial charge >= 0.3 is 0 Å². The Morgan fingerprint density at radius 3 is 2.67 bits per heavy atom. The third kappa shape index (κ3) is 3.95. The first-order chi connectivity index (χ1) is 13.1. The Kier molecular flexibility index (Phi) is 4.54. The van der Waals surface area contributed by atoms with Crippen LogP contribution in [0.4, 0.5) is 5.82 Å². The van der Waals surface area contributed by atoms with Crippen LogP contribution in [0.15, 0.2) is 49.1 Å². The van der Waals surface area contributed by atoms with E-state index in [9.17, 15) is 4.79 Å². The SMILES string of the molecule is Cc1ccncc1C(=O)Nc1cnc(-c2cc(OC3CC3)ccc2C)cn1.[HH]. The Balaban J connectivity index is 0.00000225. The van der Waals surface area contributed by atoms with E-state index in [1.165, 1.54) is 0 Å². The largest absolute Gasteiger partial charge is 0.490 e. The zero-order valence-electron chi connectivity index (χ0n) is 15.3. The lowest BCUT2D eigenvalue weighted by atomic mass is 10.1. The molecule has 2 aromatic heterocycles. The summed E-state index contributed by atoms with van der Waals surface area (Å²) in [6.45, 7) is 3.89. The molecule has 0 unspecified atom stereocenters. The number of hydrogen-bond donors (Lipinski definition) is 1. The van der Waals surface area contributed by atoms with Gasteiger partial charge in [0.1, 0.15) is 5.75 Å². The van der Waals surface area contributed by atoms with Crippen LogP contribution in [0.3, 0.4) is 0 Å². The molecule has 0 atom stereocenters. The molecule has 1 amide bonds. The Morgan fingerprint density at radius 1 is 1.11 bits per heavy atom. The molecular formula is C21H22N4O2. The van der Waals surface area contributed by atoms with E-state index in [4.69, 9.17) is 4.74 Å². The highest BCUT2D eigenvalue weighted by Gasteiger charge is 2.23. The second kappa shape index (κ2) is 7.15. The molecule has 1 aliphatic rings. The number of carbonyl (C=O) groups excluding carboxylic acids is 1. The maximum atomic E-state index is 12.4. The topological polar surface area (TPSA) is 77.0 Å². The fourth-order valence-electron chi connectivity index (χ4n) is 2.75. The smallest absolute Gasteiger partial charge is 0.258 e. The molecule has 1 N–H and O–H groups in total. The molecule has 0 spiro atoms. The average molecular weight is 362 g/mol. The van der Waals surface area contributed by atoms with Crippen LogP contribution < -0.4 is 10.1 Å². The van der Waals surface area contributed by atoms with Gasteiger partial charge in [0.2, 0.25) is 0 Å². The standard InChI is InChI=1S/C21H20N4O2.H2/c1-13-3-4-16(27-15-5-6-15)9-17(13)19-11-24-20(12-23-19)25-21(26)18-10-22-8-7-14(18)2;/h3-4,7-12,15H,5-6H2,1-2H3,(H,24,25,26);1H. The first kappa shape index (κ1) is 17.1. The average Bonchev–Trinajstić information content (AvgIpc) is 3.48. The minimum absolute atomic E-state index is 0. The highest BCUT2D eigenvalue weighted by molar-refractivity contribution is 6.04. The Labute approximate surface area is 159 Å². The maximum absolute atomic E-state index is 12.4. The van der Waals surface area contributed by atoms with Gasteiger partial charge in [0.25, 0.3) is 5.91 Å². The van der Waals surface area contributed by atoms with Crippen molar-refractivity contribution in [2.75, 3.05) is 5.32 Å². The molecule has 27 heavy (non-hydrogen) atoms. The highest BCUT2D eigenvalue weighted by atomic mass is 16.5. The van der Waals surface area contributed by atoms with Gasteiger partial charge in [-0.05, 0) is 56.0 Å². The monoisotopic (exact) mass is 362 g/mol. The van der Waals surface area contributed by atoms with Gasteiger partial charge in [-0.1, -0.05) is 6.07 Å². The fourth-order valence-corrected chi connectivity index (χ4v) is 2.75. The summed E-state index contributed by atoms with van der Waals surface area (Å²) in [4.78, 5) is 25.2. The van der Waals surface area contributed by atoms with Crippen LogP contribution in [0.2, 0.25) is 0 Å². The number of rotatable bonds is 5. The summed E-state index contributed by atoms with van der Waals surface area (Å²) in [6, 6.07) is 7.79. The molecule has 6 heteroatoms. The number of amides is 1. The number of pyridine rings is 1. The molecule has 1 aromatic carbocycles. The van der Waals surface area contributed by atoms with Gasteiger partial charge < -0.3 is 10.1 Å². The Morgan fingerprint density at radius 2 is 1.96 bits per heavy atom. The van der Waals surface area contributed by atoms with Crippen molar-refractivity contribution in [2.45, 2.75) is 32.8 Å². The molecule has 0 bridgehead atoms. The van der Waals surface area contributed by atoms with Crippen molar-refractivity contribution in [2.24, 2.45) is 0 Å². The van der Waals surface area contributed by atoms with Gasteiger partial charge in [0.15, 0.2) is 5.82 Å². The van der Waals surface area contributed by atoms with E-state index in [1.54, 1.807) is 30.9 Å². The van der Waals surface area contributed by atoms with Crippen molar-refractivity contribution in [3.63, 3.8) is 0 Å². The van der Waals surface area contributed by atoms with E-state index in [1.807, 2.05) is 32.0 Å².